The van der Waals surface area contributed by atoms with Crippen molar-refractivity contribution in [1.82, 2.24) is 9.62 Å². The SMILES string of the molecule is CCN(C1CCCNCC1)S(=O)(=O)c1ccc(C#N)cc1. The maximum absolute atomic E-state index is 12.8. The Morgan fingerprint density at radius 1 is 1.29 bits per heavy atom. The van der Waals surface area contributed by atoms with E-state index in [2.05, 4.69) is 5.32 Å². The second-order valence-electron chi connectivity index (χ2n) is 5.18. The van der Waals surface area contributed by atoms with Crippen LogP contribution in [0.2, 0.25) is 0 Å². The minimum absolute atomic E-state index is 0.0469. The summed E-state index contributed by atoms with van der Waals surface area (Å²) in [5.41, 5.74) is 0.468. The first-order valence-electron chi connectivity index (χ1n) is 7.32. The lowest BCUT2D eigenvalue weighted by Crippen LogP contribution is -2.40. The van der Waals surface area contributed by atoms with Crippen LogP contribution < -0.4 is 5.32 Å². The Bertz CT molecular complexity index is 597. The minimum Gasteiger partial charge on any atom is -0.317 e. The summed E-state index contributed by atoms with van der Waals surface area (Å²) in [6.45, 7) is 4.14. The second kappa shape index (κ2) is 7.03. The molecule has 0 radical (unpaired) electrons. The van der Waals surface area contributed by atoms with Crippen LogP contribution in [0.15, 0.2) is 29.2 Å². The molecular formula is C15H21N3O2S. The van der Waals surface area contributed by atoms with Crippen molar-refractivity contribution in [2.24, 2.45) is 0 Å². The third-order valence-electron chi connectivity index (χ3n) is 3.85. The van der Waals surface area contributed by atoms with Crippen LogP contribution in [-0.4, -0.2) is 38.4 Å². The van der Waals surface area contributed by atoms with E-state index in [0.29, 0.717) is 12.1 Å². The van der Waals surface area contributed by atoms with Crippen molar-refractivity contribution in [1.29, 1.82) is 5.26 Å². The average molecular weight is 307 g/mol. The Balaban J connectivity index is 2.27. The fourth-order valence-corrected chi connectivity index (χ4v) is 4.44. The number of sulfonamides is 1. The van der Waals surface area contributed by atoms with E-state index in [1.165, 1.54) is 12.1 Å². The topological polar surface area (TPSA) is 73.2 Å². The van der Waals surface area contributed by atoms with Gasteiger partial charge in [-0.25, -0.2) is 8.42 Å². The lowest BCUT2D eigenvalue weighted by atomic mass is 10.1. The Morgan fingerprint density at radius 3 is 2.62 bits per heavy atom. The molecule has 0 aromatic heterocycles. The predicted molar refractivity (Wildman–Crippen MR) is 81.2 cm³/mol. The first kappa shape index (κ1) is 16.0. The fourth-order valence-electron chi connectivity index (χ4n) is 2.75. The largest absolute Gasteiger partial charge is 0.317 e. The standard InChI is InChI=1S/C15H21N3O2S/c1-2-18(14-4-3-10-17-11-9-14)21(19,20)15-7-5-13(12-16)6-8-15/h5-8,14,17H,2-4,9-11H2,1H3. The van der Waals surface area contributed by atoms with Gasteiger partial charge in [-0.3, -0.25) is 0 Å². The van der Waals surface area contributed by atoms with Crippen LogP contribution in [0.3, 0.4) is 0 Å². The molecule has 0 amide bonds. The number of hydrogen-bond acceptors (Lipinski definition) is 4. The van der Waals surface area contributed by atoms with E-state index in [1.807, 2.05) is 13.0 Å². The third kappa shape index (κ3) is 3.62. The number of nitrogens with zero attached hydrogens (tertiary/aromatic N) is 2. The van der Waals surface area contributed by atoms with Gasteiger partial charge in [-0.2, -0.15) is 9.57 Å². The van der Waals surface area contributed by atoms with Gasteiger partial charge < -0.3 is 5.32 Å². The van der Waals surface area contributed by atoms with Crippen LogP contribution in [0.1, 0.15) is 31.7 Å². The van der Waals surface area contributed by atoms with Crippen molar-refractivity contribution in [2.45, 2.75) is 37.1 Å². The Labute approximate surface area is 126 Å². The molecule has 2 rings (SSSR count). The Hall–Kier alpha value is -1.42. The molecule has 0 spiro atoms. The van der Waals surface area contributed by atoms with Crippen LogP contribution in [0.5, 0.6) is 0 Å². The highest BCUT2D eigenvalue weighted by Crippen LogP contribution is 2.23. The Morgan fingerprint density at radius 2 is 2.00 bits per heavy atom. The normalized spacial score (nSPS) is 20.0. The summed E-state index contributed by atoms with van der Waals surface area (Å²) in [5, 5.41) is 12.1. The van der Waals surface area contributed by atoms with Crippen LogP contribution in [0.4, 0.5) is 0 Å². The first-order chi connectivity index (χ1) is 10.1. The van der Waals surface area contributed by atoms with Gasteiger partial charge in [0.1, 0.15) is 0 Å². The summed E-state index contributed by atoms with van der Waals surface area (Å²) in [4.78, 5) is 0.264. The van der Waals surface area contributed by atoms with Gasteiger partial charge in [-0.15, -0.1) is 0 Å². The molecule has 1 aromatic carbocycles. The number of nitrogens with one attached hydrogen (secondary N) is 1. The van der Waals surface area contributed by atoms with Crippen LogP contribution in [0, 0.1) is 11.3 Å². The number of nitriles is 1. The van der Waals surface area contributed by atoms with E-state index in [0.717, 1.165) is 32.4 Å². The highest BCUT2D eigenvalue weighted by atomic mass is 32.2. The second-order valence-corrected chi connectivity index (χ2v) is 7.07. The summed E-state index contributed by atoms with van der Waals surface area (Å²) < 4.78 is 27.2. The summed E-state index contributed by atoms with van der Waals surface area (Å²) >= 11 is 0. The molecule has 6 heteroatoms. The molecule has 21 heavy (non-hydrogen) atoms. The number of benzene rings is 1. The van der Waals surface area contributed by atoms with Crippen molar-refractivity contribution < 1.29 is 8.42 Å². The van der Waals surface area contributed by atoms with Gasteiger partial charge in [0.2, 0.25) is 10.0 Å². The summed E-state index contributed by atoms with van der Waals surface area (Å²) in [7, 11) is -3.50. The summed E-state index contributed by atoms with van der Waals surface area (Å²) in [6, 6.07) is 8.19. The molecular weight excluding hydrogens is 286 g/mol. The molecule has 1 N–H and O–H groups in total. The molecule has 1 aliphatic heterocycles. The van der Waals surface area contributed by atoms with Crippen molar-refractivity contribution in [2.75, 3.05) is 19.6 Å². The average Bonchev–Trinajstić information content (AvgIpc) is 2.77. The van der Waals surface area contributed by atoms with Gasteiger partial charge in [0.05, 0.1) is 16.5 Å². The van der Waals surface area contributed by atoms with Gasteiger partial charge in [-0.1, -0.05) is 6.92 Å². The van der Waals surface area contributed by atoms with Crippen LogP contribution >= 0.6 is 0 Å². The van der Waals surface area contributed by atoms with E-state index in [9.17, 15) is 8.42 Å². The maximum Gasteiger partial charge on any atom is 0.243 e. The van der Waals surface area contributed by atoms with Crippen molar-refractivity contribution in [3.05, 3.63) is 29.8 Å². The van der Waals surface area contributed by atoms with E-state index < -0.39 is 10.0 Å². The number of hydrogen-bond donors (Lipinski definition) is 1. The van der Waals surface area contributed by atoms with Gasteiger partial charge >= 0.3 is 0 Å². The first-order valence-corrected chi connectivity index (χ1v) is 8.76. The molecule has 1 fully saturated rings. The predicted octanol–water partition coefficient (Wildman–Crippen LogP) is 1.71. The van der Waals surface area contributed by atoms with Crippen LogP contribution in [-0.2, 0) is 10.0 Å². The lowest BCUT2D eigenvalue weighted by molar-refractivity contribution is 0.308. The Kier molecular flexibility index (Phi) is 5.34. The lowest BCUT2D eigenvalue weighted by Gasteiger charge is -2.29. The van der Waals surface area contributed by atoms with Crippen LogP contribution in [0.25, 0.3) is 0 Å². The summed E-state index contributed by atoms with van der Waals surface area (Å²) in [5.74, 6) is 0. The van der Waals surface area contributed by atoms with Crippen molar-refractivity contribution in [3.8, 4) is 6.07 Å². The highest BCUT2D eigenvalue weighted by molar-refractivity contribution is 7.89. The van der Waals surface area contributed by atoms with Crippen molar-refractivity contribution in [3.63, 3.8) is 0 Å². The molecule has 1 aliphatic rings. The quantitative estimate of drug-likeness (QED) is 0.919. The zero-order valence-electron chi connectivity index (χ0n) is 12.2. The third-order valence-corrected chi connectivity index (χ3v) is 5.90. The summed E-state index contributed by atoms with van der Waals surface area (Å²) in [6.07, 6.45) is 2.71. The maximum atomic E-state index is 12.8. The molecule has 0 aliphatic carbocycles. The molecule has 5 nitrogen and oxygen atoms in total. The number of rotatable bonds is 4. The molecule has 0 bridgehead atoms. The van der Waals surface area contributed by atoms with Crippen molar-refractivity contribution >= 4 is 10.0 Å². The molecule has 1 aromatic rings. The van der Waals surface area contributed by atoms with E-state index in [-0.39, 0.29) is 10.9 Å². The highest BCUT2D eigenvalue weighted by Gasteiger charge is 2.30. The van der Waals surface area contributed by atoms with Gasteiger partial charge in [0.25, 0.3) is 0 Å². The molecule has 0 saturated carbocycles. The zero-order valence-corrected chi connectivity index (χ0v) is 13.1. The molecule has 1 heterocycles. The monoisotopic (exact) mass is 307 g/mol. The smallest absolute Gasteiger partial charge is 0.243 e. The van der Waals surface area contributed by atoms with Gasteiger partial charge in [0, 0.05) is 12.6 Å². The van der Waals surface area contributed by atoms with Gasteiger partial charge in [-0.05, 0) is 56.6 Å². The molecule has 1 saturated heterocycles. The molecule has 1 atom stereocenters. The molecule has 1 unspecified atom stereocenters. The van der Waals surface area contributed by atoms with E-state index >= 15 is 0 Å². The zero-order chi connectivity index (χ0) is 15.3. The molecule has 114 valence electrons. The van der Waals surface area contributed by atoms with Gasteiger partial charge in [0.15, 0.2) is 0 Å². The fraction of sp³-hybridized carbons (Fsp3) is 0.533. The minimum atomic E-state index is -3.50. The van der Waals surface area contributed by atoms with E-state index in [4.69, 9.17) is 5.26 Å². The van der Waals surface area contributed by atoms with E-state index in [1.54, 1.807) is 16.4 Å².